The first kappa shape index (κ1) is 13.6. The van der Waals surface area contributed by atoms with E-state index >= 15 is 0 Å². The highest BCUT2D eigenvalue weighted by atomic mass is 16.5. The molecule has 2 unspecified atom stereocenters. The van der Waals surface area contributed by atoms with Gasteiger partial charge in [0.15, 0.2) is 0 Å². The molecule has 4 heteroatoms. The maximum absolute atomic E-state index is 12.1. The third-order valence-corrected chi connectivity index (χ3v) is 3.12. The van der Waals surface area contributed by atoms with Crippen LogP contribution >= 0.6 is 0 Å². The molecule has 0 aliphatic carbocycles. The number of esters is 1. The Balaban J connectivity index is 2.46. The summed E-state index contributed by atoms with van der Waals surface area (Å²) in [5.74, 6) is -0.263. The van der Waals surface area contributed by atoms with Gasteiger partial charge in [0.05, 0.1) is 24.0 Å². The minimum Gasteiger partial charge on any atom is -0.463 e. The second-order valence-corrected chi connectivity index (χ2v) is 4.63. The molecule has 0 bridgehead atoms. The van der Waals surface area contributed by atoms with Gasteiger partial charge in [-0.3, -0.25) is 5.32 Å². The Bertz CT molecular complexity index is 482. The maximum atomic E-state index is 12.1. The van der Waals surface area contributed by atoms with Crippen LogP contribution in [-0.2, 0) is 9.53 Å². The van der Waals surface area contributed by atoms with Crippen molar-refractivity contribution in [3.05, 3.63) is 41.5 Å². The largest absolute Gasteiger partial charge is 0.463 e. The van der Waals surface area contributed by atoms with E-state index in [-0.39, 0.29) is 18.2 Å². The first-order valence-corrected chi connectivity index (χ1v) is 6.62. The van der Waals surface area contributed by atoms with Crippen molar-refractivity contribution in [3.63, 3.8) is 0 Å². The van der Waals surface area contributed by atoms with Gasteiger partial charge in [-0.2, -0.15) is 0 Å². The van der Waals surface area contributed by atoms with Crippen LogP contribution < -0.4 is 10.6 Å². The quantitative estimate of drug-likeness (QED) is 0.815. The summed E-state index contributed by atoms with van der Waals surface area (Å²) in [7, 11) is 0. The van der Waals surface area contributed by atoms with Gasteiger partial charge in [0, 0.05) is 6.04 Å². The molecule has 0 saturated carbocycles. The first-order valence-electron chi connectivity index (χ1n) is 6.62. The Labute approximate surface area is 113 Å². The highest BCUT2D eigenvalue weighted by Crippen LogP contribution is 2.23. The van der Waals surface area contributed by atoms with Crippen molar-refractivity contribution in [1.29, 1.82) is 0 Å². The van der Waals surface area contributed by atoms with E-state index in [4.69, 9.17) is 4.74 Å². The molecule has 0 fully saturated rings. The van der Waals surface area contributed by atoms with Crippen molar-refractivity contribution in [2.45, 2.75) is 33.0 Å². The summed E-state index contributed by atoms with van der Waals surface area (Å²) in [5, 5.41) is 6.62. The smallest absolute Gasteiger partial charge is 0.337 e. The molecule has 0 amide bonds. The SMILES string of the molecule is CCOC(=O)C1=C(c2ccccc2)NC(C)NC1C. The predicted molar refractivity (Wildman–Crippen MR) is 75.2 cm³/mol. The minimum absolute atomic E-state index is 0.0366. The van der Waals surface area contributed by atoms with Crippen LogP contribution in [0.25, 0.3) is 5.70 Å². The topological polar surface area (TPSA) is 50.4 Å². The molecule has 2 rings (SSSR count). The van der Waals surface area contributed by atoms with Crippen molar-refractivity contribution < 1.29 is 9.53 Å². The zero-order chi connectivity index (χ0) is 13.8. The summed E-state index contributed by atoms with van der Waals surface area (Å²) in [5.41, 5.74) is 2.52. The fraction of sp³-hybridized carbons (Fsp3) is 0.400. The van der Waals surface area contributed by atoms with Gasteiger partial charge in [0.2, 0.25) is 0 Å². The van der Waals surface area contributed by atoms with Gasteiger partial charge in [-0.1, -0.05) is 30.3 Å². The van der Waals surface area contributed by atoms with E-state index in [0.29, 0.717) is 12.2 Å². The summed E-state index contributed by atoms with van der Waals surface area (Å²) >= 11 is 0. The van der Waals surface area contributed by atoms with Crippen LogP contribution in [-0.4, -0.2) is 24.8 Å². The number of benzene rings is 1. The molecule has 0 spiro atoms. The van der Waals surface area contributed by atoms with Crippen molar-refractivity contribution >= 4 is 11.7 Å². The Morgan fingerprint density at radius 1 is 1.26 bits per heavy atom. The molecule has 1 aromatic carbocycles. The van der Waals surface area contributed by atoms with Gasteiger partial charge in [-0.05, 0) is 26.3 Å². The monoisotopic (exact) mass is 260 g/mol. The molecule has 102 valence electrons. The van der Waals surface area contributed by atoms with E-state index in [0.717, 1.165) is 11.3 Å². The van der Waals surface area contributed by atoms with Crippen LogP contribution in [0.1, 0.15) is 26.3 Å². The zero-order valence-electron chi connectivity index (χ0n) is 11.6. The Kier molecular flexibility index (Phi) is 4.22. The summed E-state index contributed by atoms with van der Waals surface area (Å²) in [6, 6.07) is 9.83. The van der Waals surface area contributed by atoms with Crippen LogP contribution in [0.5, 0.6) is 0 Å². The van der Waals surface area contributed by atoms with E-state index in [1.54, 1.807) is 0 Å². The van der Waals surface area contributed by atoms with E-state index in [1.165, 1.54) is 0 Å². The van der Waals surface area contributed by atoms with Gasteiger partial charge in [-0.25, -0.2) is 4.79 Å². The standard InChI is InChI=1S/C15H20N2O2/c1-4-19-15(18)13-10(2)16-11(3)17-14(13)12-8-6-5-7-9-12/h5-11,16-17H,4H2,1-3H3. The van der Waals surface area contributed by atoms with Crippen molar-refractivity contribution in [2.75, 3.05) is 6.61 Å². The fourth-order valence-corrected chi connectivity index (χ4v) is 2.34. The van der Waals surface area contributed by atoms with Crippen molar-refractivity contribution in [1.82, 2.24) is 10.6 Å². The average Bonchev–Trinajstić information content (AvgIpc) is 2.39. The third-order valence-electron chi connectivity index (χ3n) is 3.12. The molecular formula is C15H20N2O2. The molecule has 1 aliphatic rings. The number of ether oxygens (including phenoxy) is 1. The van der Waals surface area contributed by atoms with E-state index in [9.17, 15) is 4.79 Å². The number of hydrogen-bond donors (Lipinski definition) is 2. The number of nitrogens with one attached hydrogen (secondary N) is 2. The number of hydrogen-bond acceptors (Lipinski definition) is 4. The molecule has 2 atom stereocenters. The van der Waals surface area contributed by atoms with Gasteiger partial charge in [-0.15, -0.1) is 0 Å². The Morgan fingerprint density at radius 2 is 1.95 bits per heavy atom. The lowest BCUT2D eigenvalue weighted by Crippen LogP contribution is -2.51. The molecule has 0 radical (unpaired) electrons. The van der Waals surface area contributed by atoms with Crippen LogP contribution in [0, 0.1) is 0 Å². The molecule has 2 N–H and O–H groups in total. The van der Waals surface area contributed by atoms with E-state index < -0.39 is 0 Å². The normalized spacial score (nSPS) is 22.9. The van der Waals surface area contributed by atoms with Gasteiger partial charge >= 0.3 is 5.97 Å². The second-order valence-electron chi connectivity index (χ2n) is 4.63. The number of carbonyl (C=O) groups is 1. The van der Waals surface area contributed by atoms with E-state index in [1.807, 2.05) is 51.1 Å². The molecule has 0 aromatic heterocycles. The second kappa shape index (κ2) is 5.89. The lowest BCUT2D eigenvalue weighted by Gasteiger charge is -2.32. The van der Waals surface area contributed by atoms with Gasteiger partial charge in [0.25, 0.3) is 0 Å². The van der Waals surface area contributed by atoms with Crippen LogP contribution in [0.4, 0.5) is 0 Å². The predicted octanol–water partition coefficient (Wildman–Crippen LogP) is 1.89. The third kappa shape index (κ3) is 2.96. The molecule has 0 saturated heterocycles. The lowest BCUT2D eigenvalue weighted by molar-refractivity contribution is -0.138. The number of carbonyl (C=O) groups excluding carboxylic acids is 1. The summed E-state index contributed by atoms with van der Waals surface area (Å²) in [6.07, 6.45) is 0.114. The summed E-state index contributed by atoms with van der Waals surface area (Å²) < 4.78 is 5.16. The molecular weight excluding hydrogens is 240 g/mol. The van der Waals surface area contributed by atoms with Crippen molar-refractivity contribution in [2.24, 2.45) is 0 Å². The van der Waals surface area contributed by atoms with Crippen LogP contribution in [0.3, 0.4) is 0 Å². The molecule has 4 nitrogen and oxygen atoms in total. The van der Waals surface area contributed by atoms with Gasteiger partial charge < -0.3 is 10.1 Å². The highest BCUT2D eigenvalue weighted by Gasteiger charge is 2.29. The minimum atomic E-state index is -0.263. The summed E-state index contributed by atoms with van der Waals surface area (Å²) in [4.78, 5) is 12.1. The van der Waals surface area contributed by atoms with Crippen LogP contribution in [0.2, 0.25) is 0 Å². The average molecular weight is 260 g/mol. The van der Waals surface area contributed by atoms with E-state index in [2.05, 4.69) is 10.6 Å². The lowest BCUT2D eigenvalue weighted by atomic mass is 9.98. The number of rotatable bonds is 3. The summed E-state index contributed by atoms with van der Waals surface area (Å²) in [6.45, 7) is 6.21. The van der Waals surface area contributed by atoms with Gasteiger partial charge in [0.1, 0.15) is 0 Å². The highest BCUT2D eigenvalue weighted by molar-refractivity contribution is 5.99. The zero-order valence-corrected chi connectivity index (χ0v) is 11.6. The first-order chi connectivity index (χ1) is 9.13. The maximum Gasteiger partial charge on any atom is 0.337 e. The fourth-order valence-electron chi connectivity index (χ4n) is 2.34. The van der Waals surface area contributed by atoms with Crippen LogP contribution in [0.15, 0.2) is 35.9 Å². The van der Waals surface area contributed by atoms with Crippen molar-refractivity contribution in [3.8, 4) is 0 Å². The Morgan fingerprint density at radius 3 is 2.58 bits per heavy atom. The Hall–Kier alpha value is -1.81. The molecule has 1 aromatic rings. The molecule has 1 aliphatic heterocycles. The molecule has 1 heterocycles. The molecule has 19 heavy (non-hydrogen) atoms.